The average molecular weight is 343 g/mol. The summed E-state index contributed by atoms with van der Waals surface area (Å²) in [5.41, 5.74) is 1.57. The van der Waals surface area contributed by atoms with Crippen molar-refractivity contribution in [2.24, 2.45) is 0 Å². The molecule has 5 nitrogen and oxygen atoms in total. The zero-order valence-electron chi connectivity index (χ0n) is 13.6. The lowest BCUT2D eigenvalue weighted by atomic mass is 10.2. The SMILES string of the molecule is CCN(CCCNS(=O)(=O)c1ccc(C#N)cc1)c1ccccc1. The van der Waals surface area contributed by atoms with Gasteiger partial charge in [-0.25, -0.2) is 13.1 Å². The van der Waals surface area contributed by atoms with Crippen LogP contribution in [0.25, 0.3) is 0 Å². The third kappa shape index (κ3) is 4.82. The van der Waals surface area contributed by atoms with Crippen LogP contribution in [0.4, 0.5) is 5.69 Å². The van der Waals surface area contributed by atoms with E-state index in [0.29, 0.717) is 18.5 Å². The molecule has 0 bridgehead atoms. The van der Waals surface area contributed by atoms with Crippen molar-refractivity contribution >= 4 is 15.7 Å². The van der Waals surface area contributed by atoms with Crippen LogP contribution in [0.15, 0.2) is 59.5 Å². The van der Waals surface area contributed by atoms with Gasteiger partial charge in [-0.15, -0.1) is 0 Å². The number of rotatable bonds is 8. The zero-order chi connectivity index (χ0) is 17.4. The molecule has 0 aliphatic carbocycles. The molecule has 2 rings (SSSR count). The number of hydrogen-bond acceptors (Lipinski definition) is 4. The lowest BCUT2D eigenvalue weighted by molar-refractivity contribution is 0.578. The minimum atomic E-state index is -3.53. The summed E-state index contributed by atoms with van der Waals surface area (Å²) in [4.78, 5) is 2.38. The molecule has 0 spiro atoms. The van der Waals surface area contributed by atoms with Crippen molar-refractivity contribution in [3.8, 4) is 6.07 Å². The second-order valence-electron chi connectivity index (χ2n) is 5.30. The van der Waals surface area contributed by atoms with Gasteiger partial charge in [0.05, 0.1) is 16.5 Å². The summed E-state index contributed by atoms with van der Waals surface area (Å²) in [6.45, 7) is 4.09. The van der Waals surface area contributed by atoms with Gasteiger partial charge >= 0.3 is 0 Å². The van der Waals surface area contributed by atoms with Gasteiger partial charge in [0.15, 0.2) is 0 Å². The van der Waals surface area contributed by atoms with Gasteiger partial charge in [0.1, 0.15) is 0 Å². The summed E-state index contributed by atoms with van der Waals surface area (Å²) in [6, 6.07) is 17.9. The molecule has 2 aromatic rings. The largest absolute Gasteiger partial charge is 0.372 e. The number of anilines is 1. The summed E-state index contributed by atoms with van der Waals surface area (Å²) >= 11 is 0. The van der Waals surface area contributed by atoms with E-state index in [9.17, 15) is 8.42 Å². The topological polar surface area (TPSA) is 73.2 Å². The summed E-state index contributed by atoms with van der Waals surface area (Å²) < 4.78 is 27.0. The number of nitrogens with one attached hydrogen (secondary N) is 1. The molecule has 0 radical (unpaired) electrons. The highest BCUT2D eigenvalue weighted by Gasteiger charge is 2.13. The smallest absolute Gasteiger partial charge is 0.240 e. The van der Waals surface area contributed by atoms with E-state index in [4.69, 9.17) is 5.26 Å². The quantitative estimate of drug-likeness (QED) is 0.748. The van der Waals surface area contributed by atoms with Crippen LogP contribution in [0.5, 0.6) is 0 Å². The van der Waals surface area contributed by atoms with Crippen LogP contribution in [0.3, 0.4) is 0 Å². The molecule has 0 heterocycles. The Kier molecular flexibility index (Phi) is 6.36. The van der Waals surface area contributed by atoms with Crippen LogP contribution in [0, 0.1) is 11.3 Å². The molecule has 0 aromatic heterocycles. The maximum Gasteiger partial charge on any atom is 0.240 e. The molecule has 126 valence electrons. The molecule has 0 unspecified atom stereocenters. The molecule has 2 aromatic carbocycles. The summed E-state index contributed by atoms with van der Waals surface area (Å²) in [5, 5.41) is 8.75. The molecule has 0 saturated carbocycles. The van der Waals surface area contributed by atoms with Crippen molar-refractivity contribution < 1.29 is 8.42 Å². The van der Waals surface area contributed by atoms with E-state index >= 15 is 0 Å². The van der Waals surface area contributed by atoms with Crippen LogP contribution >= 0.6 is 0 Å². The Morgan fingerprint density at radius 3 is 2.33 bits per heavy atom. The Balaban J connectivity index is 1.87. The van der Waals surface area contributed by atoms with Crippen molar-refractivity contribution in [1.29, 1.82) is 5.26 Å². The molecule has 0 amide bonds. The van der Waals surface area contributed by atoms with Gasteiger partial charge in [0, 0.05) is 25.3 Å². The summed E-state index contributed by atoms with van der Waals surface area (Å²) in [7, 11) is -3.53. The summed E-state index contributed by atoms with van der Waals surface area (Å²) in [5.74, 6) is 0. The Bertz CT molecular complexity index is 781. The lowest BCUT2D eigenvalue weighted by Gasteiger charge is -2.23. The van der Waals surface area contributed by atoms with Gasteiger partial charge in [-0.2, -0.15) is 5.26 Å². The van der Waals surface area contributed by atoms with E-state index in [1.807, 2.05) is 36.4 Å². The first-order valence-electron chi connectivity index (χ1n) is 7.86. The fourth-order valence-corrected chi connectivity index (χ4v) is 3.45. The van der Waals surface area contributed by atoms with Gasteiger partial charge in [-0.3, -0.25) is 0 Å². The highest BCUT2D eigenvalue weighted by Crippen LogP contribution is 2.13. The van der Waals surface area contributed by atoms with E-state index in [0.717, 1.165) is 18.8 Å². The standard InChI is InChI=1S/C18H21N3O2S/c1-2-21(17-7-4-3-5-8-17)14-6-13-20-24(22,23)18-11-9-16(15-19)10-12-18/h3-5,7-12,20H,2,6,13-14H2,1H3. The molecule has 24 heavy (non-hydrogen) atoms. The maximum absolute atomic E-state index is 12.2. The van der Waals surface area contributed by atoms with Crippen LogP contribution in [0.2, 0.25) is 0 Å². The van der Waals surface area contributed by atoms with Gasteiger partial charge in [0.25, 0.3) is 0 Å². The van der Waals surface area contributed by atoms with E-state index in [-0.39, 0.29) is 4.90 Å². The molecule has 0 aliphatic heterocycles. The van der Waals surface area contributed by atoms with Gasteiger partial charge in [-0.1, -0.05) is 18.2 Å². The third-order valence-corrected chi connectivity index (χ3v) is 5.17. The molecular weight excluding hydrogens is 322 g/mol. The fourth-order valence-electron chi connectivity index (χ4n) is 2.38. The first kappa shape index (κ1) is 18.0. The molecule has 0 saturated heterocycles. The van der Waals surface area contributed by atoms with Crippen molar-refractivity contribution in [2.45, 2.75) is 18.2 Å². The van der Waals surface area contributed by atoms with Gasteiger partial charge in [-0.05, 0) is 49.7 Å². The molecule has 0 fully saturated rings. The molecule has 0 aliphatic rings. The number of para-hydroxylation sites is 1. The number of hydrogen-bond donors (Lipinski definition) is 1. The van der Waals surface area contributed by atoms with Crippen molar-refractivity contribution in [3.63, 3.8) is 0 Å². The van der Waals surface area contributed by atoms with Crippen LogP contribution in [-0.2, 0) is 10.0 Å². The average Bonchev–Trinajstić information content (AvgIpc) is 2.62. The fraction of sp³-hybridized carbons (Fsp3) is 0.278. The predicted molar refractivity (Wildman–Crippen MR) is 95.3 cm³/mol. The Morgan fingerprint density at radius 2 is 1.75 bits per heavy atom. The van der Waals surface area contributed by atoms with E-state index < -0.39 is 10.0 Å². The molecule has 1 N–H and O–H groups in total. The Morgan fingerprint density at radius 1 is 1.08 bits per heavy atom. The van der Waals surface area contributed by atoms with E-state index in [2.05, 4.69) is 16.5 Å². The van der Waals surface area contributed by atoms with Crippen molar-refractivity contribution in [3.05, 3.63) is 60.2 Å². The van der Waals surface area contributed by atoms with E-state index in [1.165, 1.54) is 24.3 Å². The second-order valence-corrected chi connectivity index (χ2v) is 7.07. The third-order valence-electron chi connectivity index (χ3n) is 3.69. The second kappa shape index (κ2) is 8.48. The van der Waals surface area contributed by atoms with Crippen molar-refractivity contribution in [1.82, 2.24) is 4.72 Å². The lowest BCUT2D eigenvalue weighted by Crippen LogP contribution is -2.30. The highest BCUT2D eigenvalue weighted by molar-refractivity contribution is 7.89. The number of sulfonamides is 1. The van der Waals surface area contributed by atoms with Gasteiger partial charge < -0.3 is 4.90 Å². The predicted octanol–water partition coefficient (Wildman–Crippen LogP) is 2.75. The normalized spacial score (nSPS) is 11.0. The molecule has 0 atom stereocenters. The van der Waals surface area contributed by atoms with Crippen LogP contribution < -0.4 is 9.62 Å². The number of nitriles is 1. The number of nitrogens with zero attached hydrogens (tertiary/aromatic N) is 2. The first-order valence-corrected chi connectivity index (χ1v) is 9.35. The van der Waals surface area contributed by atoms with Crippen molar-refractivity contribution in [2.75, 3.05) is 24.5 Å². The minimum absolute atomic E-state index is 0.178. The van der Waals surface area contributed by atoms with Crippen LogP contribution in [-0.4, -0.2) is 28.1 Å². The number of benzene rings is 2. The highest BCUT2D eigenvalue weighted by atomic mass is 32.2. The summed E-state index contributed by atoms with van der Waals surface area (Å²) in [6.07, 6.45) is 0.707. The first-order chi connectivity index (χ1) is 11.6. The molecule has 6 heteroatoms. The van der Waals surface area contributed by atoms with Crippen LogP contribution in [0.1, 0.15) is 18.9 Å². The van der Waals surface area contributed by atoms with Gasteiger partial charge in [0.2, 0.25) is 10.0 Å². The molecular formula is C18H21N3O2S. The Hall–Kier alpha value is -2.36. The zero-order valence-corrected chi connectivity index (χ0v) is 14.5. The minimum Gasteiger partial charge on any atom is -0.372 e. The maximum atomic E-state index is 12.2. The monoisotopic (exact) mass is 343 g/mol. The van der Waals surface area contributed by atoms with E-state index in [1.54, 1.807) is 0 Å². The Labute approximate surface area is 143 Å².